The number of hydrogen-bond acceptors (Lipinski definition) is 2. The molecule has 1 heterocycles. The molecule has 1 aromatic heterocycles. The van der Waals surface area contributed by atoms with Crippen molar-refractivity contribution in [3.63, 3.8) is 0 Å². The first-order valence-electron chi connectivity index (χ1n) is 7.71. The van der Waals surface area contributed by atoms with E-state index in [4.69, 9.17) is 0 Å². The molecule has 1 atom stereocenters. The molecule has 2 rings (SSSR count). The number of hydrogen-bond donors (Lipinski definition) is 1. The molecule has 0 fully saturated rings. The molecule has 1 aliphatic rings. The fraction of sp³-hybridized carbons (Fsp3) is 0.588. The van der Waals surface area contributed by atoms with Gasteiger partial charge in [-0.3, -0.25) is 4.98 Å². The Labute approximate surface area is 117 Å². The molecule has 0 spiro atoms. The molecule has 1 aromatic rings. The highest BCUT2D eigenvalue weighted by Crippen LogP contribution is 2.35. The van der Waals surface area contributed by atoms with Crippen molar-refractivity contribution in [2.24, 2.45) is 5.92 Å². The van der Waals surface area contributed by atoms with E-state index in [0.717, 1.165) is 19.5 Å². The minimum absolute atomic E-state index is 0.680. The molecule has 1 unspecified atom stereocenters. The lowest BCUT2D eigenvalue weighted by Gasteiger charge is -2.17. The Morgan fingerprint density at radius 2 is 2.21 bits per heavy atom. The van der Waals surface area contributed by atoms with Gasteiger partial charge in [-0.05, 0) is 68.3 Å². The predicted molar refractivity (Wildman–Crippen MR) is 82.1 cm³/mol. The molecule has 0 bridgehead atoms. The zero-order valence-corrected chi connectivity index (χ0v) is 12.3. The Morgan fingerprint density at radius 1 is 1.32 bits per heavy atom. The Morgan fingerprint density at radius 3 is 3.00 bits per heavy atom. The lowest BCUT2D eigenvalue weighted by atomic mass is 9.90. The van der Waals surface area contributed by atoms with Crippen molar-refractivity contribution < 1.29 is 0 Å². The van der Waals surface area contributed by atoms with Crippen LogP contribution in [0.15, 0.2) is 24.4 Å². The third-order valence-electron chi connectivity index (χ3n) is 3.97. The van der Waals surface area contributed by atoms with Crippen LogP contribution in [0.5, 0.6) is 0 Å². The maximum Gasteiger partial charge on any atom is 0.0696 e. The number of aromatic nitrogens is 1. The van der Waals surface area contributed by atoms with E-state index < -0.39 is 0 Å². The van der Waals surface area contributed by atoms with E-state index in [0.29, 0.717) is 5.92 Å². The summed E-state index contributed by atoms with van der Waals surface area (Å²) in [7, 11) is 0. The molecule has 19 heavy (non-hydrogen) atoms. The van der Waals surface area contributed by atoms with Crippen LogP contribution >= 0.6 is 0 Å². The Bertz CT molecular complexity index is 423. The van der Waals surface area contributed by atoms with Gasteiger partial charge in [0, 0.05) is 6.20 Å². The Kier molecular flexibility index (Phi) is 5.59. The van der Waals surface area contributed by atoms with Crippen molar-refractivity contribution in [3.8, 4) is 0 Å². The fourth-order valence-corrected chi connectivity index (χ4v) is 2.89. The summed E-state index contributed by atoms with van der Waals surface area (Å²) in [6, 6.07) is 4.26. The van der Waals surface area contributed by atoms with Crippen LogP contribution in [0.4, 0.5) is 0 Å². The van der Waals surface area contributed by atoms with Crippen LogP contribution < -0.4 is 5.32 Å². The van der Waals surface area contributed by atoms with Gasteiger partial charge in [0.25, 0.3) is 0 Å². The Balaban J connectivity index is 1.89. The number of nitrogens with zero attached hydrogens (tertiary/aromatic N) is 1. The summed E-state index contributed by atoms with van der Waals surface area (Å²) in [6.07, 6.45) is 10.4. The van der Waals surface area contributed by atoms with Crippen LogP contribution in [0.2, 0.25) is 0 Å². The van der Waals surface area contributed by atoms with Crippen LogP contribution in [0.1, 0.15) is 50.8 Å². The fourth-order valence-electron chi connectivity index (χ4n) is 2.89. The topological polar surface area (TPSA) is 24.9 Å². The third-order valence-corrected chi connectivity index (χ3v) is 3.97. The normalized spacial score (nSPS) is 15.2. The first-order valence-corrected chi connectivity index (χ1v) is 7.71. The monoisotopic (exact) mass is 258 g/mol. The highest BCUT2D eigenvalue weighted by atomic mass is 14.8. The molecule has 0 saturated heterocycles. The maximum atomic E-state index is 4.58. The maximum absolute atomic E-state index is 4.58. The van der Waals surface area contributed by atoms with E-state index in [1.165, 1.54) is 42.5 Å². The number of allylic oxidation sites excluding steroid dienone is 2. The van der Waals surface area contributed by atoms with Crippen molar-refractivity contribution in [1.82, 2.24) is 10.3 Å². The summed E-state index contributed by atoms with van der Waals surface area (Å²) in [5.41, 5.74) is 4.16. The molecule has 1 aliphatic carbocycles. The second-order valence-corrected chi connectivity index (χ2v) is 5.37. The second kappa shape index (κ2) is 7.44. The first-order chi connectivity index (χ1) is 9.36. The quantitative estimate of drug-likeness (QED) is 0.717. The van der Waals surface area contributed by atoms with E-state index in [1.54, 1.807) is 0 Å². The first kappa shape index (κ1) is 14.3. The number of rotatable bonds is 8. The molecule has 0 aliphatic heterocycles. The van der Waals surface area contributed by atoms with Crippen LogP contribution in [0.25, 0.3) is 5.57 Å². The summed E-state index contributed by atoms with van der Waals surface area (Å²) in [4.78, 5) is 4.58. The zero-order valence-electron chi connectivity index (χ0n) is 12.3. The predicted octanol–water partition coefficient (Wildman–Crippen LogP) is 3.83. The average Bonchev–Trinajstić information content (AvgIpc) is 2.87. The molecule has 0 aromatic carbocycles. The van der Waals surface area contributed by atoms with Gasteiger partial charge in [0.15, 0.2) is 0 Å². The van der Waals surface area contributed by atoms with E-state index in [2.05, 4.69) is 36.3 Å². The average molecular weight is 258 g/mol. The molecule has 0 saturated carbocycles. The van der Waals surface area contributed by atoms with Crippen LogP contribution in [-0.2, 0) is 6.42 Å². The highest BCUT2D eigenvalue weighted by molar-refractivity contribution is 5.71. The van der Waals surface area contributed by atoms with Gasteiger partial charge >= 0.3 is 0 Å². The number of fused-ring (bicyclic) bond motifs is 1. The summed E-state index contributed by atoms with van der Waals surface area (Å²) < 4.78 is 0. The zero-order chi connectivity index (χ0) is 13.5. The molecule has 0 radical (unpaired) electrons. The van der Waals surface area contributed by atoms with Gasteiger partial charge in [-0.2, -0.15) is 0 Å². The van der Waals surface area contributed by atoms with E-state index in [9.17, 15) is 0 Å². The summed E-state index contributed by atoms with van der Waals surface area (Å²) in [5.74, 6) is 0.680. The lowest BCUT2D eigenvalue weighted by molar-refractivity contribution is 0.531. The standard InChI is InChI=1S/C17H26N2/c1-3-11-18-12-5-7-14(4-2)16-10-9-15-8-6-13-19-17(15)16/h6,8,10,13-14,18H,3-5,7,9,11-12H2,1-2H3. The molecule has 2 heteroatoms. The second-order valence-electron chi connectivity index (χ2n) is 5.37. The summed E-state index contributed by atoms with van der Waals surface area (Å²) >= 11 is 0. The largest absolute Gasteiger partial charge is 0.317 e. The van der Waals surface area contributed by atoms with Crippen molar-refractivity contribution in [3.05, 3.63) is 35.7 Å². The van der Waals surface area contributed by atoms with Crippen molar-refractivity contribution in [2.45, 2.75) is 46.0 Å². The minimum Gasteiger partial charge on any atom is -0.317 e. The van der Waals surface area contributed by atoms with E-state index >= 15 is 0 Å². The Hall–Kier alpha value is -1.15. The SMILES string of the molecule is CCCNCCCC(CC)C1=CCc2cccnc21. The third kappa shape index (κ3) is 3.66. The van der Waals surface area contributed by atoms with Crippen molar-refractivity contribution in [2.75, 3.05) is 13.1 Å². The van der Waals surface area contributed by atoms with Crippen LogP contribution in [-0.4, -0.2) is 18.1 Å². The van der Waals surface area contributed by atoms with Gasteiger partial charge in [-0.1, -0.05) is 26.0 Å². The molecule has 104 valence electrons. The molecule has 1 N–H and O–H groups in total. The molecular weight excluding hydrogens is 232 g/mol. The van der Waals surface area contributed by atoms with Crippen molar-refractivity contribution in [1.29, 1.82) is 0 Å². The molecule has 2 nitrogen and oxygen atoms in total. The summed E-state index contributed by atoms with van der Waals surface area (Å²) in [6.45, 7) is 6.80. The minimum atomic E-state index is 0.680. The van der Waals surface area contributed by atoms with Crippen LogP contribution in [0.3, 0.4) is 0 Å². The molecule has 0 amide bonds. The summed E-state index contributed by atoms with van der Waals surface area (Å²) in [5, 5.41) is 3.49. The number of nitrogens with one attached hydrogen (secondary N) is 1. The molecular formula is C17H26N2. The van der Waals surface area contributed by atoms with Gasteiger partial charge in [-0.25, -0.2) is 0 Å². The lowest BCUT2D eigenvalue weighted by Crippen LogP contribution is -2.17. The van der Waals surface area contributed by atoms with Gasteiger partial charge < -0.3 is 5.32 Å². The highest BCUT2D eigenvalue weighted by Gasteiger charge is 2.21. The van der Waals surface area contributed by atoms with E-state index in [-0.39, 0.29) is 0 Å². The number of pyridine rings is 1. The van der Waals surface area contributed by atoms with Gasteiger partial charge in [-0.15, -0.1) is 0 Å². The van der Waals surface area contributed by atoms with E-state index in [1.807, 2.05) is 12.3 Å². The van der Waals surface area contributed by atoms with Gasteiger partial charge in [0.1, 0.15) is 0 Å². The smallest absolute Gasteiger partial charge is 0.0696 e. The van der Waals surface area contributed by atoms with Gasteiger partial charge in [0.2, 0.25) is 0 Å². The van der Waals surface area contributed by atoms with Gasteiger partial charge in [0.05, 0.1) is 5.69 Å². The van der Waals surface area contributed by atoms with Crippen molar-refractivity contribution >= 4 is 5.57 Å². The van der Waals surface area contributed by atoms with Crippen LogP contribution in [0, 0.1) is 5.92 Å².